The van der Waals surface area contributed by atoms with Crippen molar-refractivity contribution in [2.24, 2.45) is 5.92 Å². The SMILES string of the molecule is O=C(c1cc([N+](=O)[O-])ccc1F)N(CC1CC1)C1CC1. The van der Waals surface area contributed by atoms with Gasteiger partial charge in [-0.05, 0) is 37.7 Å². The Kier molecular flexibility index (Phi) is 3.16. The first-order valence-corrected chi connectivity index (χ1v) is 6.81. The van der Waals surface area contributed by atoms with Crippen molar-refractivity contribution >= 4 is 11.6 Å². The third-order valence-electron chi connectivity index (χ3n) is 3.79. The number of nitro benzene ring substituents is 1. The molecule has 2 saturated carbocycles. The van der Waals surface area contributed by atoms with Crippen LogP contribution in [-0.4, -0.2) is 28.3 Å². The molecule has 0 bridgehead atoms. The molecular weight excluding hydrogens is 263 g/mol. The Morgan fingerprint density at radius 1 is 1.35 bits per heavy atom. The molecule has 1 aromatic carbocycles. The van der Waals surface area contributed by atoms with E-state index in [0.717, 1.165) is 43.9 Å². The number of carbonyl (C=O) groups is 1. The summed E-state index contributed by atoms with van der Waals surface area (Å²) < 4.78 is 13.8. The summed E-state index contributed by atoms with van der Waals surface area (Å²) in [7, 11) is 0. The number of hydrogen-bond donors (Lipinski definition) is 0. The predicted octanol–water partition coefficient (Wildman–Crippen LogP) is 2.75. The first-order chi connectivity index (χ1) is 9.56. The lowest BCUT2D eigenvalue weighted by atomic mass is 10.1. The Morgan fingerprint density at radius 3 is 2.60 bits per heavy atom. The van der Waals surface area contributed by atoms with Crippen LogP contribution in [0.2, 0.25) is 0 Å². The monoisotopic (exact) mass is 278 g/mol. The number of carbonyl (C=O) groups excluding carboxylic acids is 1. The second-order valence-corrected chi connectivity index (χ2v) is 5.55. The Bertz CT molecular complexity index is 568. The molecule has 0 spiro atoms. The van der Waals surface area contributed by atoms with Crippen LogP contribution in [0.1, 0.15) is 36.0 Å². The highest BCUT2D eigenvalue weighted by Gasteiger charge is 2.37. The summed E-state index contributed by atoms with van der Waals surface area (Å²) >= 11 is 0. The molecule has 1 amide bonds. The van der Waals surface area contributed by atoms with Crippen molar-refractivity contribution in [3.05, 3.63) is 39.7 Å². The van der Waals surface area contributed by atoms with Gasteiger partial charge < -0.3 is 4.90 Å². The molecule has 6 heteroatoms. The quantitative estimate of drug-likeness (QED) is 0.614. The molecule has 106 valence electrons. The minimum atomic E-state index is -0.693. The molecule has 2 aliphatic rings. The molecule has 0 radical (unpaired) electrons. The van der Waals surface area contributed by atoms with Crippen molar-refractivity contribution in [2.45, 2.75) is 31.7 Å². The van der Waals surface area contributed by atoms with Crippen LogP contribution in [0.15, 0.2) is 18.2 Å². The maximum atomic E-state index is 13.8. The average Bonchev–Trinajstić information content (AvgIpc) is 3.27. The maximum absolute atomic E-state index is 13.8. The standard InChI is InChI=1S/C14H15FN2O3/c15-13-6-5-11(17(19)20)7-12(13)14(18)16(10-3-4-10)8-9-1-2-9/h5-7,9-10H,1-4,8H2. The highest BCUT2D eigenvalue weighted by Crippen LogP contribution is 2.36. The van der Waals surface area contributed by atoms with E-state index < -0.39 is 16.6 Å². The average molecular weight is 278 g/mol. The smallest absolute Gasteiger partial charge is 0.270 e. The lowest BCUT2D eigenvalue weighted by Crippen LogP contribution is -2.35. The van der Waals surface area contributed by atoms with E-state index in [-0.39, 0.29) is 17.3 Å². The fourth-order valence-electron chi connectivity index (χ4n) is 2.31. The molecule has 1 aromatic rings. The van der Waals surface area contributed by atoms with Crippen LogP contribution < -0.4 is 0 Å². The number of amides is 1. The molecule has 20 heavy (non-hydrogen) atoms. The van der Waals surface area contributed by atoms with Crippen LogP contribution in [0.5, 0.6) is 0 Å². The molecule has 0 unspecified atom stereocenters. The highest BCUT2D eigenvalue weighted by molar-refractivity contribution is 5.95. The molecule has 0 aromatic heterocycles. The Balaban J connectivity index is 1.87. The van der Waals surface area contributed by atoms with Gasteiger partial charge in [-0.3, -0.25) is 14.9 Å². The summed E-state index contributed by atoms with van der Waals surface area (Å²) in [5.74, 6) is -0.594. The van der Waals surface area contributed by atoms with Gasteiger partial charge in [0.25, 0.3) is 11.6 Å². The minimum absolute atomic E-state index is 0.182. The Hall–Kier alpha value is -1.98. The van der Waals surface area contributed by atoms with Crippen molar-refractivity contribution in [1.82, 2.24) is 4.90 Å². The van der Waals surface area contributed by atoms with Gasteiger partial charge in [0.2, 0.25) is 0 Å². The summed E-state index contributed by atoms with van der Waals surface area (Å²) in [5.41, 5.74) is -0.441. The summed E-state index contributed by atoms with van der Waals surface area (Å²) in [6.45, 7) is 0.644. The second kappa shape index (κ2) is 4.85. The molecule has 0 atom stereocenters. The van der Waals surface area contributed by atoms with Gasteiger partial charge >= 0.3 is 0 Å². The van der Waals surface area contributed by atoms with Crippen LogP contribution in [0.4, 0.5) is 10.1 Å². The number of halogens is 1. The normalized spacial score (nSPS) is 17.9. The summed E-state index contributed by atoms with van der Waals surface area (Å²) in [6.07, 6.45) is 4.09. The fraction of sp³-hybridized carbons (Fsp3) is 0.500. The van der Waals surface area contributed by atoms with Gasteiger partial charge in [-0.2, -0.15) is 0 Å². The molecule has 2 aliphatic carbocycles. The van der Waals surface area contributed by atoms with Gasteiger partial charge in [0.05, 0.1) is 10.5 Å². The van der Waals surface area contributed by atoms with Gasteiger partial charge in [-0.15, -0.1) is 0 Å². The molecule has 5 nitrogen and oxygen atoms in total. The van der Waals surface area contributed by atoms with Crippen LogP contribution in [0.25, 0.3) is 0 Å². The second-order valence-electron chi connectivity index (χ2n) is 5.55. The van der Waals surface area contributed by atoms with Crippen molar-refractivity contribution in [3.8, 4) is 0 Å². The maximum Gasteiger partial charge on any atom is 0.270 e. The Morgan fingerprint density at radius 2 is 2.05 bits per heavy atom. The molecule has 0 saturated heterocycles. The number of benzene rings is 1. The third kappa shape index (κ3) is 2.64. The number of nitrogens with zero attached hydrogens (tertiary/aromatic N) is 2. The summed E-state index contributed by atoms with van der Waals surface area (Å²) in [6, 6.07) is 3.30. The van der Waals surface area contributed by atoms with Gasteiger partial charge in [-0.1, -0.05) is 0 Å². The van der Waals surface area contributed by atoms with Crippen molar-refractivity contribution in [1.29, 1.82) is 0 Å². The molecular formula is C14H15FN2O3. The van der Waals surface area contributed by atoms with Crippen LogP contribution in [-0.2, 0) is 0 Å². The lowest BCUT2D eigenvalue weighted by Gasteiger charge is -2.22. The number of nitro groups is 1. The number of rotatable bonds is 5. The van der Waals surface area contributed by atoms with Crippen molar-refractivity contribution < 1.29 is 14.1 Å². The van der Waals surface area contributed by atoms with E-state index in [9.17, 15) is 19.3 Å². The first-order valence-electron chi connectivity index (χ1n) is 6.81. The van der Waals surface area contributed by atoms with Gasteiger partial charge in [0, 0.05) is 24.7 Å². The molecule has 0 N–H and O–H groups in total. The predicted molar refractivity (Wildman–Crippen MR) is 69.8 cm³/mol. The van der Waals surface area contributed by atoms with E-state index >= 15 is 0 Å². The van der Waals surface area contributed by atoms with Crippen LogP contribution in [0, 0.1) is 21.8 Å². The molecule has 3 rings (SSSR count). The van der Waals surface area contributed by atoms with Gasteiger partial charge in [-0.25, -0.2) is 4.39 Å². The lowest BCUT2D eigenvalue weighted by molar-refractivity contribution is -0.384. The van der Waals surface area contributed by atoms with E-state index in [1.165, 1.54) is 0 Å². The van der Waals surface area contributed by atoms with E-state index in [2.05, 4.69) is 0 Å². The van der Waals surface area contributed by atoms with E-state index in [4.69, 9.17) is 0 Å². The zero-order valence-corrected chi connectivity index (χ0v) is 10.9. The van der Waals surface area contributed by atoms with Gasteiger partial charge in [0.1, 0.15) is 5.82 Å². The Labute approximate surface area is 115 Å². The number of non-ortho nitro benzene ring substituents is 1. The first kappa shape index (κ1) is 13.0. The van der Waals surface area contributed by atoms with E-state index in [1.54, 1.807) is 4.90 Å². The van der Waals surface area contributed by atoms with Crippen LogP contribution >= 0.6 is 0 Å². The topological polar surface area (TPSA) is 63.4 Å². The van der Waals surface area contributed by atoms with E-state index in [0.29, 0.717) is 12.5 Å². The fourth-order valence-corrected chi connectivity index (χ4v) is 2.31. The molecule has 0 heterocycles. The van der Waals surface area contributed by atoms with Crippen molar-refractivity contribution in [2.75, 3.05) is 6.54 Å². The van der Waals surface area contributed by atoms with Crippen LogP contribution in [0.3, 0.4) is 0 Å². The zero-order chi connectivity index (χ0) is 14.3. The molecule has 0 aliphatic heterocycles. The summed E-state index contributed by atoms with van der Waals surface area (Å²) in [5, 5.41) is 10.7. The third-order valence-corrected chi connectivity index (χ3v) is 3.79. The summed E-state index contributed by atoms with van der Waals surface area (Å²) in [4.78, 5) is 24.3. The van der Waals surface area contributed by atoms with Crippen molar-refractivity contribution in [3.63, 3.8) is 0 Å². The minimum Gasteiger partial charge on any atom is -0.335 e. The van der Waals surface area contributed by atoms with E-state index in [1.807, 2.05) is 0 Å². The largest absolute Gasteiger partial charge is 0.335 e. The molecule has 2 fully saturated rings. The zero-order valence-electron chi connectivity index (χ0n) is 10.9. The van der Waals surface area contributed by atoms with Gasteiger partial charge in [0.15, 0.2) is 0 Å². The highest BCUT2D eigenvalue weighted by atomic mass is 19.1. The number of hydrogen-bond acceptors (Lipinski definition) is 3.